The van der Waals surface area contributed by atoms with Gasteiger partial charge in [-0.05, 0) is 19.4 Å². The minimum absolute atomic E-state index is 0.0404. The van der Waals surface area contributed by atoms with Gasteiger partial charge in [0.1, 0.15) is 13.2 Å². The third kappa shape index (κ3) is 5.42. The average Bonchev–Trinajstić information content (AvgIpc) is 2.69. The number of aryl methyl sites for hydroxylation is 2. The second kappa shape index (κ2) is 6.70. The van der Waals surface area contributed by atoms with Crippen LogP contribution in [-0.4, -0.2) is 35.0 Å². The molecular weight excluding hydrogens is 261 g/mol. The number of ether oxygens (including phenoxy) is 1. The molecule has 1 aromatic rings. The summed E-state index contributed by atoms with van der Waals surface area (Å²) in [6, 6.07) is 1.80. The first-order chi connectivity index (χ1) is 8.85. The SMILES string of the molecule is CCc1cc(CC(=O)COCC(F)(F)F)n(CC)n1. The molecule has 0 unspecified atom stereocenters. The highest BCUT2D eigenvalue weighted by Crippen LogP contribution is 2.14. The summed E-state index contributed by atoms with van der Waals surface area (Å²) in [6.45, 7) is 2.52. The van der Waals surface area contributed by atoms with Gasteiger partial charge in [-0.2, -0.15) is 18.3 Å². The van der Waals surface area contributed by atoms with Gasteiger partial charge in [0.2, 0.25) is 0 Å². The molecule has 0 aromatic carbocycles. The zero-order chi connectivity index (χ0) is 14.5. The summed E-state index contributed by atoms with van der Waals surface area (Å²) in [5.41, 5.74) is 1.57. The predicted octanol–water partition coefficient (Wildman–Crippen LogP) is 2.16. The lowest BCUT2D eigenvalue weighted by Crippen LogP contribution is -2.21. The Morgan fingerprint density at radius 2 is 2.11 bits per heavy atom. The zero-order valence-corrected chi connectivity index (χ0v) is 11.0. The van der Waals surface area contributed by atoms with Gasteiger partial charge in [0.25, 0.3) is 0 Å². The van der Waals surface area contributed by atoms with Gasteiger partial charge in [0, 0.05) is 12.2 Å². The van der Waals surface area contributed by atoms with Crippen molar-refractivity contribution in [1.29, 1.82) is 0 Å². The monoisotopic (exact) mass is 278 g/mol. The molecule has 0 atom stereocenters. The number of carbonyl (C=O) groups is 1. The Hall–Kier alpha value is -1.37. The Balaban J connectivity index is 2.50. The summed E-state index contributed by atoms with van der Waals surface area (Å²) >= 11 is 0. The summed E-state index contributed by atoms with van der Waals surface area (Å²) in [5.74, 6) is -0.387. The number of ketones is 1. The Kier molecular flexibility index (Phi) is 5.53. The van der Waals surface area contributed by atoms with Crippen LogP contribution in [0.5, 0.6) is 0 Å². The highest BCUT2D eigenvalue weighted by atomic mass is 19.4. The van der Waals surface area contributed by atoms with Gasteiger partial charge in [0.05, 0.1) is 12.1 Å². The summed E-state index contributed by atoms with van der Waals surface area (Å²) < 4.78 is 41.6. The van der Waals surface area contributed by atoms with Gasteiger partial charge >= 0.3 is 6.18 Å². The van der Waals surface area contributed by atoms with Gasteiger partial charge < -0.3 is 4.74 Å². The minimum atomic E-state index is -4.40. The molecule has 0 saturated carbocycles. The summed E-state index contributed by atoms with van der Waals surface area (Å²) in [5, 5.41) is 4.26. The molecule has 0 amide bonds. The molecule has 7 heteroatoms. The third-order valence-electron chi connectivity index (χ3n) is 2.48. The van der Waals surface area contributed by atoms with E-state index >= 15 is 0 Å². The third-order valence-corrected chi connectivity index (χ3v) is 2.48. The molecule has 0 bridgehead atoms. The highest BCUT2D eigenvalue weighted by molar-refractivity contribution is 5.81. The standard InChI is InChI=1S/C12H17F3N2O2/c1-3-9-5-10(17(4-2)16-9)6-11(18)7-19-8-12(13,14)15/h5H,3-4,6-8H2,1-2H3. The van der Waals surface area contributed by atoms with Crippen molar-refractivity contribution in [2.45, 2.75) is 39.4 Å². The smallest absolute Gasteiger partial charge is 0.364 e. The van der Waals surface area contributed by atoms with Gasteiger partial charge in [0.15, 0.2) is 5.78 Å². The average molecular weight is 278 g/mol. The molecular formula is C12H17F3N2O2. The van der Waals surface area contributed by atoms with Crippen molar-refractivity contribution in [3.8, 4) is 0 Å². The van der Waals surface area contributed by atoms with Crippen molar-refractivity contribution < 1.29 is 22.7 Å². The first-order valence-corrected chi connectivity index (χ1v) is 6.07. The molecule has 1 heterocycles. The fraction of sp³-hybridized carbons (Fsp3) is 0.667. The van der Waals surface area contributed by atoms with E-state index in [0.717, 1.165) is 12.1 Å². The van der Waals surface area contributed by atoms with E-state index in [9.17, 15) is 18.0 Å². The molecule has 108 valence electrons. The van der Waals surface area contributed by atoms with Crippen molar-refractivity contribution >= 4 is 5.78 Å². The normalized spacial score (nSPS) is 11.8. The van der Waals surface area contributed by atoms with Gasteiger partial charge in [-0.1, -0.05) is 6.92 Å². The van der Waals surface area contributed by atoms with Crippen molar-refractivity contribution in [3.05, 3.63) is 17.5 Å². The second-order valence-corrected chi connectivity index (χ2v) is 4.12. The molecule has 0 aliphatic heterocycles. The molecule has 0 saturated heterocycles. The van der Waals surface area contributed by atoms with Gasteiger partial charge in [-0.25, -0.2) is 0 Å². The van der Waals surface area contributed by atoms with E-state index in [1.54, 1.807) is 10.7 Å². The van der Waals surface area contributed by atoms with Gasteiger partial charge in [-0.3, -0.25) is 9.48 Å². The maximum atomic E-state index is 11.9. The number of Topliss-reactive ketones (excluding diaryl/α,β-unsaturated/α-hetero) is 1. The number of rotatable bonds is 7. The fourth-order valence-electron chi connectivity index (χ4n) is 1.64. The van der Waals surface area contributed by atoms with Crippen LogP contribution in [0.15, 0.2) is 6.07 Å². The van der Waals surface area contributed by atoms with Crippen LogP contribution in [-0.2, 0) is 28.9 Å². The number of aromatic nitrogens is 2. The Morgan fingerprint density at radius 1 is 1.42 bits per heavy atom. The molecule has 1 rings (SSSR count). The van der Waals surface area contributed by atoms with Crippen molar-refractivity contribution in [3.63, 3.8) is 0 Å². The van der Waals surface area contributed by atoms with E-state index in [1.807, 2.05) is 13.8 Å². The van der Waals surface area contributed by atoms with Crippen LogP contribution in [0.1, 0.15) is 25.2 Å². The number of carbonyl (C=O) groups excluding carboxylic acids is 1. The molecule has 0 fully saturated rings. The first-order valence-electron chi connectivity index (χ1n) is 6.07. The molecule has 1 aromatic heterocycles. The lowest BCUT2D eigenvalue weighted by atomic mass is 10.2. The summed E-state index contributed by atoms with van der Waals surface area (Å²) in [4.78, 5) is 11.5. The van der Waals surface area contributed by atoms with E-state index in [1.165, 1.54) is 0 Å². The van der Waals surface area contributed by atoms with Crippen LogP contribution in [0.25, 0.3) is 0 Å². The van der Waals surface area contributed by atoms with Crippen molar-refractivity contribution in [1.82, 2.24) is 9.78 Å². The van der Waals surface area contributed by atoms with Crippen LogP contribution < -0.4 is 0 Å². The number of hydrogen-bond acceptors (Lipinski definition) is 3. The maximum Gasteiger partial charge on any atom is 0.411 e. The Morgan fingerprint density at radius 3 is 2.63 bits per heavy atom. The fourth-order valence-corrected chi connectivity index (χ4v) is 1.64. The predicted molar refractivity (Wildman–Crippen MR) is 62.9 cm³/mol. The summed E-state index contributed by atoms with van der Waals surface area (Å²) in [6.07, 6.45) is -3.61. The quantitative estimate of drug-likeness (QED) is 0.767. The van der Waals surface area contributed by atoms with Crippen LogP contribution in [0, 0.1) is 0 Å². The number of halogens is 3. The molecule has 19 heavy (non-hydrogen) atoms. The van der Waals surface area contributed by atoms with Crippen LogP contribution >= 0.6 is 0 Å². The lowest BCUT2D eigenvalue weighted by molar-refractivity contribution is -0.175. The second-order valence-electron chi connectivity index (χ2n) is 4.12. The lowest BCUT2D eigenvalue weighted by Gasteiger charge is -2.07. The van der Waals surface area contributed by atoms with E-state index in [0.29, 0.717) is 12.2 Å². The largest absolute Gasteiger partial charge is 0.411 e. The highest BCUT2D eigenvalue weighted by Gasteiger charge is 2.27. The number of hydrogen-bond donors (Lipinski definition) is 0. The van der Waals surface area contributed by atoms with Crippen molar-refractivity contribution in [2.75, 3.05) is 13.2 Å². The maximum absolute atomic E-state index is 11.9. The van der Waals surface area contributed by atoms with Crippen molar-refractivity contribution in [2.24, 2.45) is 0 Å². The molecule has 0 spiro atoms. The zero-order valence-electron chi connectivity index (χ0n) is 11.0. The van der Waals surface area contributed by atoms with Gasteiger partial charge in [-0.15, -0.1) is 0 Å². The Labute approximate surface area is 109 Å². The van der Waals surface area contributed by atoms with E-state index in [-0.39, 0.29) is 12.2 Å². The topological polar surface area (TPSA) is 44.1 Å². The number of nitrogens with zero attached hydrogens (tertiary/aromatic N) is 2. The molecule has 0 radical (unpaired) electrons. The summed E-state index contributed by atoms with van der Waals surface area (Å²) in [7, 11) is 0. The molecule has 0 aliphatic carbocycles. The Bertz CT molecular complexity index is 427. The molecule has 4 nitrogen and oxygen atoms in total. The van der Waals surface area contributed by atoms with E-state index < -0.39 is 19.4 Å². The van der Waals surface area contributed by atoms with Crippen LogP contribution in [0.3, 0.4) is 0 Å². The minimum Gasteiger partial charge on any atom is -0.364 e. The van der Waals surface area contributed by atoms with E-state index in [2.05, 4.69) is 9.84 Å². The van der Waals surface area contributed by atoms with Crippen LogP contribution in [0.2, 0.25) is 0 Å². The van der Waals surface area contributed by atoms with E-state index in [4.69, 9.17) is 0 Å². The molecule has 0 aliphatic rings. The first kappa shape index (κ1) is 15.7. The number of alkyl halides is 3. The molecule has 0 N–H and O–H groups in total. The van der Waals surface area contributed by atoms with Crippen LogP contribution in [0.4, 0.5) is 13.2 Å².